The molecule has 0 amide bonds. The normalized spacial score (nSPS) is 14.3. The number of aryl methyl sites for hydroxylation is 1. The van der Waals surface area contributed by atoms with Gasteiger partial charge in [0.25, 0.3) is 0 Å². The molecule has 1 aromatic carbocycles. The Bertz CT molecular complexity index is 888. The Kier molecular flexibility index (Phi) is 4.74. The van der Waals surface area contributed by atoms with E-state index >= 15 is 0 Å². The molecule has 7 nitrogen and oxygen atoms in total. The lowest BCUT2D eigenvalue weighted by atomic mass is 10.2. The van der Waals surface area contributed by atoms with Crippen LogP contribution in [-0.2, 0) is 0 Å². The van der Waals surface area contributed by atoms with Crippen molar-refractivity contribution in [2.24, 2.45) is 0 Å². The van der Waals surface area contributed by atoms with E-state index in [1.165, 1.54) is 5.56 Å². The molecule has 0 radical (unpaired) electrons. The topological polar surface area (TPSA) is 83.2 Å². The van der Waals surface area contributed by atoms with Gasteiger partial charge in [0.1, 0.15) is 17.8 Å². The minimum Gasteiger partial charge on any atom is -0.393 e. The fourth-order valence-corrected chi connectivity index (χ4v) is 3.20. The lowest BCUT2D eigenvalue weighted by molar-refractivity contribution is 0.642. The molecular weight excluding hydrogens is 338 g/mol. The molecule has 0 bridgehead atoms. The standard InChI is InChI=1S/C20H23N7/c1-15-5-7-16(8-6-15)25-19-18(21)20(24-14-23-19)27-12-10-26(11-13-27)17-4-2-3-9-22-17/h2-9,14H,10-13,21H2,1H3,(H,23,24,25). The number of nitrogens with zero attached hydrogens (tertiary/aromatic N) is 5. The van der Waals surface area contributed by atoms with Gasteiger partial charge < -0.3 is 20.9 Å². The van der Waals surface area contributed by atoms with Gasteiger partial charge in [0, 0.05) is 38.1 Å². The van der Waals surface area contributed by atoms with Gasteiger partial charge in [-0.3, -0.25) is 0 Å². The van der Waals surface area contributed by atoms with Gasteiger partial charge in [-0.1, -0.05) is 23.8 Å². The van der Waals surface area contributed by atoms with Crippen LogP contribution in [0.1, 0.15) is 5.56 Å². The van der Waals surface area contributed by atoms with Gasteiger partial charge in [-0.05, 0) is 31.2 Å². The van der Waals surface area contributed by atoms with Crippen LogP contribution in [0.4, 0.5) is 28.8 Å². The van der Waals surface area contributed by atoms with Gasteiger partial charge in [-0.2, -0.15) is 0 Å². The van der Waals surface area contributed by atoms with Gasteiger partial charge in [-0.15, -0.1) is 0 Å². The highest BCUT2D eigenvalue weighted by molar-refractivity contribution is 5.78. The number of rotatable bonds is 4. The van der Waals surface area contributed by atoms with Crippen LogP contribution in [0.15, 0.2) is 55.0 Å². The van der Waals surface area contributed by atoms with Gasteiger partial charge >= 0.3 is 0 Å². The highest BCUT2D eigenvalue weighted by Crippen LogP contribution is 2.29. The first-order valence-corrected chi connectivity index (χ1v) is 9.06. The van der Waals surface area contributed by atoms with Gasteiger partial charge in [0.15, 0.2) is 11.6 Å². The molecule has 1 saturated heterocycles. The third kappa shape index (κ3) is 3.76. The summed E-state index contributed by atoms with van der Waals surface area (Å²) in [7, 11) is 0. The Balaban J connectivity index is 1.47. The summed E-state index contributed by atoms with van der Waals surface area (Å²) in [6.45, 7) is 5.48. The minimum absolute atomic E-state index is 0.573. The van der Waals surface area contributed by atoms with Crippen molar-refractivity contribution in [1.29, 1.82) is 0 Å². The van der Waals surface area contributed by atoms with Crippen molar-refractivity contribution in [3.8, 4) is 0 Å². The first kappa shape index (κ1) is 17.1. The molecule has 1 aliphatic rings. The number of benzene rings is 1. The number of hydrogen-bond donors (Lipinski definition) is 2. The summed E-state index contributed by atoms with van der Waals surface area (Å²) >= 11 is 0. The molecule has 0 spiro atoms. The Morgan fingerprint density at radius 1 is 0.889 bits per heavy atom. The number of nitrogen functional groups attached to an aromatic ring is 1. The average Bonchev–Trinajstić information content (AvgIpc) is 2.72. The SMILES string of the molecule is Cc1ccc(Nc2ncnc(N3CCN(c4ccccn4)CC3)c2N)cc1. The van der Waals surface area contributed by atoms with E-state index in [4.69, 9.17) is 5.73 Å². The third-order valence-corrected chi connectivity index (χ3v) is 4.73. The first-order valence-electron chi connectivity index (χ1n) is 9.06. The van der Waals surface area contributed by atoms with Crippen molar-refractivity contribution < 1.29 is 0 Å². The Hall–Kier alpha value is -3.35. The monoisotopic (exact) mass is 361 g/mol. The second kappa shape index (κ2) is 7.49. The summed E-state index contributed by atoms with van der Waals surface area (Å²) in [6, 6.07) is 14.1. The number of aromatic nitrogens is 3. The molecule has 1 aliphatic heterocycles. The second-order valence-corrected chi connectivity index (χ2v) is 6.61. The summed E-state index contributed by atoms with van der Waals surface area (Å²) < 4.78 is 0. The van der Waals surface area contributed by atoms with E-state index < -0.39 is 0 Å². The van der Waals surface area contributed by atoms with E-state index in [9.17, 15) is 0 Å². The highest BCUT2D eigenvalue weighted by atomic mass is 15.3. The fraction of sp³-hybridized carbons (Fsp3) is 0.250. The molecular formula is C20H23N7. The Morgan fingerprint density at radius 2 is 1.63 bits per heavy atom. The second-order valence-electron chi connectivity index (χ2n) is 6.61. The van der Waals surface area contributed by atoms with Crippen molar-refractivity contribution in [3.63, 3.8) is 0 Å². The summed E-state index contributed by atoms with van der Waals surface area (Å²) in [5.74, 6) is 2.42. The molecule has 3 aromatic rings. The van der Waals surface area contributed by atoms with Crippen molar-refractivity contribution >= 4 is 28.8 Å². The molecule has 0 aliphatic carbocycles. The van der Waals surface area contributed by atoms with Crippen LogP contribution in [0.2, 0.25) is 0 Å². The predicted octanol–water partition coefficient (Wildman–Crippen LogP) is 2.83. The maximum absolute atomic E-state index is 6.38. The third-order valence-electron chi connectivity index (χ3n) is 4.73. The zero-order chi connectivity index (χ0) is 18.6. The number of nitrogens with two attached hydrogens (primary N) is 1. The average molecular weight is 361 g/mol. The van der Waals surface area contributed by atoms with Crippen LogP contribution in [-0.4, -0.2) is 41.1 Å². The van der Waals surface area contributed by atoms with Gasteiger partial charge in [0.05, 0.1) is 0 Å². The molecule has 4 rings (SSSR count). The Labute approximate surface area is 158 Å². The number of hydrogen-bond acceptors (Lipinski definition) is 7. The van der Waals surface area contributed by atoms with Crippen LogP contribution in [0, 0.1) is 6.92 Å². The van der Waals surface area contributed by atoms with Crippen LogP contribution in [0.25, 0.3) is 0 Å². The summed E-state index contributed by atoms with van der Waals surface area (Å²) in [5, 5.41) is 3.29. The molecule has 0 unspecified atom stereocenters. The molecule has 2 aromatic heterocycles. The van der Waals surface area contributed by atoms with Gasteiger partial charge in [0.2, 0.25) is 0 Å². The van der Waals surface area contributed by atoms with E-state index in [0.29, 0.717) is 11.5 Å². The maximum atomic E-state index is 6.38. The summed E-state index contributed by atoms with van der Waals surface area (Å²) in [4.78, 5) is 17.7. The van der Waals surface area contributed by atoms with Crippen LogP contribution in [0.3, 0.4) is 0 Å². The first-order chi connectivity index (χ1) is 13.2. The Morgan fingerprint density at radius 3 is 2.33 bits per heavy atom. The lowest BCUT2D eigenvalue weighted by Crippen LogP contribution is -2.47. The molecule has 0 atom stereocenters. The van der Waals surface area contributed by atoms with E-state index in [1.54, 1.807) is 6.33 Å². The molecule has 7 heteroatoms. The van der Waals surface area contributed by atoms with Crippen LogP contribution < -0.4 is 20.9 Å². The molecule has 0 saturated carbocycles. The van der Waals surface area contributed by atoms with Crippen molar-refractivity contribution in [2.45, 2.75) is 6.92 Å². The van der Waals surface area contributed by atoms with Crippen molar-refractivity contribution in [3.05, 3.63) is 60.6 Å². The predicted molar refractivity (Wildman–Crippen MR) is 110 cm³/mol. The number of nitrogens with one attached hydrogen (secondary N) is 1. The number of anilines is 5. The van der Waals surface area contributed by atoms with Crippen molar-refractivity contribution in [2.75, 3.05) is 47.0 Å². The highest BCUT2D eigenvalue weighted by Gasteiger charge is 2.22. The van der Waals surface area contributed by atoms with E-state index in [0.717, 1.165) is 43.5 Å². The van der Waals surface area contributed by atoms with Crippen LogP contribution >= 0.6 is 0 Å². The van der Waals surface area contributed by atoms with Crippen LogP contribution in [0.5, 0.6) is 0 Å². The van der Waals surface area contributed by atoms with Gasteiger partial charge in [-0.25, -0.2) is 15.0 Å². The summed E-state index contributed by atoms with van der Waals surface area (Å²) in [6.07, 6.45) is 3.39. The maximum Gasteiger partial charge on any atom is 0.159 e. The molecule has 3 N–H and O–H groups in total. The largest absolute Gasteiger partial charge is 0.393 e. The molecule has 1 fully saturated rings. The number of pyridine rings is 1. The van der Waals surface area contributed by atoms with E-state index in [1.807, 2.05) is 36.5 Å². The fourth-order valence-electron chi connectivity index (χ4n) is 3.20. The molecule has 138 valence electrons. The van der Waals surface area contributed by atoms with Crippen molar-refractivity contribution in [1.82, 2.24) is 15.0 Å². The zero-order valence-electron chi connectivity index (χ0n) is 15.3. The molecule has 27 heavy (non-hydrogen) atoms. The molecule has 3 heterocycles. The lowest BCUT2D eigenvalue weighted by Gasteiger charge is -2.36. The van der Waals surface area contributed by atoms with E-state index in [-0.39, 0.29) is 0 Å². The smallest absolute Gasteiger partial charge is 0.159 e. The summed E-state index contributed by atoms with van der Waals surface area (Å²) in [5.41, 5.74) is 9.12. The minimum atomic E-state index is 0.573. The number of piperazine rings is 1. The van der Waals surface area contributed by atoms with E-state index in [2.05, 4.69) is 49.1 Å². The zero-order valence-corrected chi connectivity index (χ0v) is 15.3. The quantitative estimate of drug-likeness (QED) is 0.739.